The van der Waals surface area contributed by atoms with Crippen molar-refractivity contribution < 1.29 is 0 Å². The van der Waals surface area contributed by atoms with Crippen molar-refractivity contribution in [1.82, 2.24) is 24.5 Å². The van der Waals surface area contributed by atoms with E-state index in [1.165, 1.54) is 25.9 Å². The Kier molecular flexibility index (Phi) is 4.61. The van der Waals surface area contributed by atoms with Gasteiger partial charge in [-0.1, -0.05) is 37.3 Å². The Labute approximate surface area is 148 Å². The van der Waals surface area contributed by atoms with Crippen molar-refractivity contribution in [3.63, 3.8) is 0 Å². The highest BCUT2D eigenvalue weighted by Gasteiger charge is 2.19. The SMILES string of the molecule is CCCN1CCCN(c2cc(-c3ccccc3)nc3ncnn23)CC1. The zero-order chi connectivity index (χ0) is 17.1. The Balaban J connectivity index is 1.70. The second kappa shape index (κ2) is 7.19. The molecule has 1 saturated heterocycles. The van der Waals surface area contributed by atoms with E-state index < -0.39 is 0 Å². The van der Waals surface area contributed by atoms with Crippen LogP contribution in [0.25, 0.3) is 17.0 Å². The van der Waals surface area contributed by atoms with Crippen molar-refractivity contribution in [2.45, 2.75) is 19.8 Å². The van der Waals surface area contributed by atoms with Gasteiger partial charge in [0.25, 0.3) is 5.78 Å². The van der Waals surface area contributed by atoms with Gasteiger partial charge in [0.2, 0.25) is 0 Å². The van der Waals surface area contributed by atoms with Gasteiger partial charge in [-0.15, -0.1) is 0 Å². The molecule has 6 nitrogen and oxygen atoms in total. The van der Waals surface area contributed by atoms with Gasteiger partial charge in [0.15, 0.2) is 0 Å². The number of anilines is 1. The van der Waals surface area contributed by atoms with Gasteiger partial charge in [-0.3, -0.25) is 0 Å². The molecule has 3 aromatic rings. The van der Waals surface area contributed by atoms with Gasteiger partial charge >= 0.3 is 0 Å². The van der Waals surface area contributed by atoms with E-state index in [-0.39, 0.29) is 0 Å². The maximum atomic E-state index is 4.68. The van der Waals surface area contributed by atoms with Crippen molar-refractivity contribution in [1.29, 1.82) is 0 Å². The third-order valence-corrected chi connectivity index (χ3v) is 4.75. The van der Waals surface area contributed by atoms with Crippen LogP contribution in [0.1, 0.15) is 19.8 Å². The van der Waals surface area contributed by atoms with Crippen LogP contribution in [-0.4, -0.2) is 57.2 Å². The number of rotatable bonds is 4. The van der Waals surface area contributed by atoms with E-state index in [0.717, 1.165) is 36.7 Å². The van der Waals surface area contributed by atoms with E-state index in [1.807, 2.05) is 22.7 Å². The lowest BCUT2D eigenvalue weighted by molar-refractivity contribution is 0.294. The molecule has 0 saturated carbocycles. The summed E-state index contributed by atoms with van der Waals surface area (Å²) in [5, 5.41) is 4.40. The summed E-state index contributed by atoms with van der Waals surface area (Å²) in [6.45, 7) is 7.73. The Morgan fingerprint density at radius 1 is 1.04 bits per heavy atom. The minimum absolute atomic E-state index is 0.658. The average molecular weight is 336 g/mol. The number of nitrogens with zero attached hydrogens (tertiary/aromatic N) is 6. The fraction of sp³-hybridized carbons (Fsp3) is 0.421. The lowest BCUT2D eigenvalue weighted by Gasteiger charge is -2.24. The number of aromatic nitrogens is 4. The first-order valence-corrected chi connectivity index (χ1v) is 9.08. The smallest absolute Gasteiger partial charge is 0.254 e. The standard InChI is InChI=1S/C19H24N6/c1-2-9-23-10-6-11-24(13-12-23)18-14-17(16-7-4-3-5-8-16)22-19-20-15-21-25(18)19/h3-5,7-8,14-15H,2,6,9-13H2,1H3. The van der Waals surface area contributed by atoms with Crippen LogP contribution in [0.3, 0.4) is 0 Å². The molecule has 25 heavy (non-hydrogen) atoms. The molecule has 0 spiro atoms. The highest BCUT2D eigenvalue weighted by Crippen LogP contribution is 2.24. The molecule has 1 aromatic carbocycles. The van der Waals surface area contributed by atoms with Crippen LogP contribution in [0, 0.1) is 0 Å². The summed E-state index contributed by atoms with van der Waals surface area (Å²) in [6, 6.07) is 12.4. The Morgan fingerprint density at radius 3 is 2.76 bits per heavy atom. The number of hydrogen-bond donors (Lipinski definition) is 0. The molecule has 0 unspecified atom stereocenters. The zero-order valence-corrected chi connectivity index (χ0v) is 14.7. The molecule has 0 aliphatic carbocycles. The zero-order valence-electron chi connectivity index (χ0n) is 14.7. The maximum absolute atomic E-state index is 4.68. The second-order valence-corrected chi connectivity index (χ2v) is 6.52. The van der Waals surface area contributed by atoms with Gasteiger partial charge in [0.1, 0.15) is 12.1 Å². The first-order chi connectivity index (χ1) is 12.3. The van der Waals surface area contributed by atoms with Crippen LogP contribution < -0.4 is 4.90 Å². The van der Waals surface area contributed by atoms with Crippen LogP contribution in [0.4, 0.5) is 5.82 Å². The van der Waals surface area contributed by atoms with Gasteiger partial charge in [-0.2, -0.15) is 14.6 Å². The molecule has 0 amide bonds. The van der Waals surface area contributed by atoms with Gasteiger partial charge in [-0.05, 0) is 25.9 Å². The van der Waals surface area contributed by atoms with Crippen molar-refractivity contribution in [3.8, 4) is 11.3 Å². The topological polar surface area (TPSA) is 49.6 Å². The van der Waals surface area contributed by atoms with E-state index in [2.05, 4.69) is 50.0 Å². The molecule has 0 bridgehead atoms. The molecule has 6 heteroatoms. The average Bonchev–Trinajstić information content (AvgIpc) is 3.01. The normalized spacial score (nSPS) is 16.3. The molecule has 1 fully saturated rings. The minimum atomic E-state index is 0.658. The maximum Gasteiger partial charge on any atom is 0.254 e. The second-order valence-electron chi connectivity index (χ2n) is 6.52. The van der Waals surface area contributed by atoms with Crippen LogP contribution in [0.2, 0.25) is 0 Å². The first-order valence-electron chi connectivity index (χ1n) is 9.08. The Morgan fingerprint density at radius 2 is 1.92 bits per heavy atom. The Hall–Kier alpha value is -2.47. The molecular weight excluding hydrogens is 312 g/mol. The Bertz CT molecular complexity index is 828. The predicted molar refractivity (Wildman–Crippen MR) is 99.8 cm³/mol. The van der Waals surface area contributed by atoms with Crippen LogP contribution in [0.5, 0.6) is 0 Å². The third kappa shape index (κ3) is 3.35. The summed E-state index contributed by atoms with van der Waals surface area (Å²) >= 11 is 0. The molecule has 3 heterocycles. The summed E-state index contributed by atoms with van der Waals surface area (Å²) < 4.78 is 1.86. The summed E-state index contributed by atoms with van der Waals surface area (Å²) in [6.07, 6.45) is 3.96. The molecular formula is C19H24N6. The molecule has 4 rings (SSSR count). The van der Waals surface area contributed by atoms with Gasteiger partial charge in [0, 0.05) is 31.3 Å². The highest BCUT2D eigenvalue weighted by molar-refractivity contribution is 5.65. The first kappa shape index (κ1) is 16.0. The predicted octanol–water partition coefficient (Wildman–Crippen LogP) is 2.71. The van der Waals surface area contributed by atoms with E-state index in [4.69, 9.17) is 0 Å². The molecule has 2 aromatic heterocycles. The summed E-state index contributed by atoms with van der Waals surface area (Å²) in [5.74, 6) is 1.74. The van der Waals surface area contributed by atoms with Crippen LogP contribution >= 0.6 is 0 Å². The molecule has 1 aliphatic heterocycles. The van der Waals surface area contributed by atoms with E-state index in [0.29, 0.717) is 5.78 Å². The van der Waals surface area contributed by atoms with E-state index in [1.54, 1.807) is 6.33 Å². The van der Waals surface area contributed by atoms with Crippen molar-refractivity contribution in [3.05, 3.63) is 42.7 Å². The fourth-order valence-corrected chi connectivity index (χ4v) is 3.52. The molecule has 0 atom stereocenters. The third-order valence-electron chi connectivity index (χ3n) is 4.75. The molecule has 0 N–H and O–H groups in total. The highest BCUT2D eigenvalue weighted by atomic mass is 15.4. The lowest BCUT2D eigenvalue weighted by atomic mass is 10.1. The lowest BCUT2D eigenvalue weighted by Crippen LogP contribution is -2.32. The minimum Gasteiger partial charge on any atom is -0.355 e. The van der Waals surface area contributed by atoms with Gasteiger partial charge in [-0.25, -0.2) is 4.98 Å². The van der Waals surface area contributed by atoms with Crippen LogP contribution in [-0.2, 0) is 0 Å². The van der Waals surface area contributed by atoms with E-state index >= 15 is 0 Å². The van der Waals surface area contributed by atoms with Crippen LogP contribution in [0.15, 0.2) is 42.7 Å². The molecule has 1 aliphatic rings. The fourth-order valence-electron chi connectivity index (χ4n) is 3.52. The molecule has 0 radical (unpaired) electrons. The number of fused-ring (bicyclic) bond motifs is 1. The van der Waals surface area contributed by atoms with Crippen molar-refractivity contribution in [2.75, 3.05) is 37.6 Å². The van der Waals surface area contributed by atoms with Crippen molar-refractivity contribution in [2.24, 2.45) is 0 Å². The monoisotopic (exact) mass is 336 g/mol. The summed E-state index contributed by atoms with van der Waals surface area (Å²) in [4.78, 5) is 14.0. The van der Waals surface area contributed by atoms with E-state index in [9.17, 15) is 0 Å². The van der Waals surface area contributed by atoms with Crippen molar-refractivity contribution >= 4 is 11.6 Å². The molecule has 130 valence electrons. The largest absolute Gasteiger partial charge is 0.355 e. The summed E-state index contributed by atoms with van der Waals surface area (Å²) in [7, 11) is 0. The quantitative estimate of drug-likeness (QED) is 0.733. The number of hydrogen-bond acceptors (Lipinski definition) is 5. The number of benzene rings is 1. The van der Waals surface area contributed by atoms with Gasteiger partial charge < -0.3 is 9.80 Å². The summed E-state index contributed by atoms with van der Waals surface area (Å²) in [5.41, 5.74) is 2.06. The van der Waals surface area contributed by atoms with Gasteiger partial charge in [0.05, 0.1) is 5.69 Å².